The normalized spacial score (nSPS) is 21.6. The molecular weight excluding hydrogens is 657 g/mol. The van der Waals surface area contributed by atoms with Gasteiger partial charge in [0.05, 0.1) is 6.54 Å². The first-order chi connectivity index (χ1) is 26.0. The number of nitrogens with one attached hydrogen (secondary N) is 1. The van der Waals surface area contributed by atoms with Gasteiger partial charge in [-0.05, 0) is 52.1 Å². The van der Waals surface area contributed by atoms with Crippen molar-refractivity contribution < 1.29 is 14.4 Å². The molecule has 2 saturated heterocycles. The van der Waals surface area contributed by atoms with E-state index in [-0.39, 0.29) is 36.2 Å². The summed E-state index contributed by atoms with van der Waals surface area (Å²) in [6.07, 6.45) is 14.4. The monoisotopic (exact) mass is 712 g/mol. The lowest BCUT2D eigenvalue weighted by molar-refractivity contribution is -0.168. The molecule has 2 aliphatic heterocycles. The molecule has 53 heavy (non-hydrogen) atoms. The molecule has 278 valence electrons. The third-order valence-corrected chi connectivity index (χ3v) is 12.2. The van der Waals surface area contributed by atoms with Crippen molar-refractivity contribution in [2.45, 2.75) is 121 Å². The van der Waals surface area contributed by atoms with Gasteiger partial charge in [-0.15, -0.1) is 0 Å². The van der Waals surface area contributed by atoms with Crippen LogP contribution in [0, 0.1) is 0 Å². The summed E-state index contributed by atoms with van der Waals surface area (Å²) in [5.74, 6) is -0.0366. The molecule has 2 heterocycles. The Balaban J connectivity index is 1.25. The van der Waals surface area contributed by atoms with Gasteiger partial charge >= 0.3 is 6.03 Å². The first-order valence-corrected chi connectivity index (χ1v) is 20.2. The van der Waals surface area contributed by atoms with Crippen LogP contribution in [0.2, 0.25) is 0 Å². The first kappa shape index (κ1) is 36.7. The fourth-order valence-corrected chi connectivity index (χ4v) is 9.31. The number of benzene rings is 4. The lowest BCUT2D eigenvalue weighted by atomic mass is 9.68. The molecule has 0 bridgehead atoms. The van der Waals surface area contributed by atoms with Crippen LogP contribution in [0.15, 0.2) is 103 Å². The first-order valence-electron chi connectivity index (χ1n) is 20.2. The maximum Gasteiger partial charge on any atom is 0.319 e. The summed E-state index contributed by atoms with van der Waals surface area (Å²) >= 11 is 0. The lowest BCUT2D eigenvalue weighted by Crippen LogP contribution is -2.72. The van der Waals surface area contributed by atoms with Gasteiger partial charge in [0.2, 0.25) is 11.8 Å². The van der Waals surface area contributed by atoms with Crippen molar-refractivity contribution in [3.05, 3.63) is 120 Å². The van der Waals surface area contributed by atoms with Crippen LogP contribution in [0.3, 0.4) is 0 Å². The highest BCUT2D eigenvalue weighted by atomic mass is 16.2. The van der Waals surface area contributed by atoms with Gasteiger partial charge in [0.25, 0.3) is 0 Å². The largest absolute Gasteiger partial charge is 0.334 e. The quantitative estimate of drug-likeness (QED) is 0.208. The second-order valence-electron chi connectivity index (χ2n) is 15.6. The Morgan fingerprint density at radius 2 is 1.30 bits per heavy atom. The highest BCUT2D eigenvalue weighted by Gasteiger charge is 2.51. The third-order valence-electron chi connectivity index (χ3n) is 12.2. The standard InChI is InChI=1S/C46H56N4O3/c51-43-28-31-49(45(53)47-33-36-20-11-9-12-21-36)42-35-48(34-38-24-19-23-37-22-15-16-27-40(37)38)44(52)41(50(42)43)32-46(39-25-13-10-14-26-39)29-17-7-5-3-1-2-4-6-8-18-30-46/h9-16,19-27,41-42H,1-8,17-18,28-35H2,(H,47,53)/t41-,42+/m0/s1. The summed E-state index contributed by atoms with van der Waals surface area (Å²) in [6, 6.07) is 34.4. The Morgan fingerprint density at radius 1 is 0.698 bits per heavy atom. The number of amides is 4. The van der Waals surface area contributed by atoms with E-state index in [0.717, 1.165) is 47.6 Å². The minimum Gasteiger partial charge on any atom is -0.334 e. The molecule has 4 amide bonds. The van der Waals surface area contributed by atoms with Gasteiger partial charge in [-0.1, -0.05) is 167 Å². The second kappa shape index (κ2) is 17.5. The van der Waals surface area contributed by atoms with Crippen LogP contribution in [0.5, 0.6) is 0 Å². The average Bonchev–Trinajstić information content (AvgIpc) is 3.22. The average molecular weight is 713 g/mol. The highest BCUT2D eigenvalue weighted by Crippen LogP contribution is 2.43. The molecule has 0 radical (unpaired) electrons. The number of hydrogen-bond donors (Lipinski definition) is 1. The van der Waals surface area contributed by atoms with Gasteiger partial charge < -0.3 is 20.0 Å². The summed E-state index contributed by atoms with van der Waals surface area (Å²) in [7, 11) is 0. The summed E-state index contributed by atoms with van der Waals surface area (Å²) in [6.45, 7) is 1.43. The van der Waals surface area contributed by atoms with Crippen LogP contribution < -0.4 is 5.32 Å². The predicted octanol–water partition coefficient (Wildman–Crippen LogP) is 9.34. The number of nitrogens with zero attached hydrogens (tertiary/aromatic N) is 3. The zero-order valence-corrected chi connectivity index (χ0v) is 31.3. The van der Waals surface area contributed by atoms with Crippen molar-refractivity contribution >= 4 is 28.6 Å². The molecule has 7 heteroatoms. The molecule has 0 aromatic heterocycles. The van der Waals surface area contributed by atoms with Crippen LogP contribution in [0.25, 0.3) is 10.8 Å². The van der Waals surface area contributed by atoms with Crippen LogP contribution in [-0.4, -0.2) is 57.8 Å². The minimum absolute atomic E-state index is 0.00713. The summed E-state index contributed by atoms with van der Waals surface area (Å²) in [4.78, 5) is 49.0. The number of fused-ring (bicyclic) bond motifs is 2. The molecule has 2 atom stereocenters. The number of piperazine rings is 1. The molecule has 4 aromatic rings. The van der Waals surface area contributed by atoms with Crippen LogP contribution in [0.1, 0.15) is 107 Å². The van der Waals surface area contributed by atoms with Crippen molar-refractivity contribution in [2.75, 3.05) is 13.1 Å². The molecule has 0 unspecified atom stereocenters. The maximum atomic E-state index is 15.1. The van der Waals surface area contributed by atoms with E-state index in [0.29, 0.717) is 26.1 Å². The smallest absolute Gasteiger partial charge is 0.319 e. The van der Waals surface area contributed by atoms with E-state index in [1.165, 1.54) is 56.9 Å². The zero-order chi connectivity index (χ0) is 36.5. The van der Waals surface area contributed by atoms with Gasteiger partial charge in [0.15, 0.2) is 0 Å². The van der Waals surface area contributed by atoms with Crippen LogP contribution >= 0.6 is 0 Å². The van der Waals surface area contributed by atoms with Gasteiger partial charge in [-0.3, -0.25) is 9.59 Å². The van der Waals surface area contributed by atoms with E-state index in [1.54, 1.807) is 0 Å². The molecule has 0 spiro atoms. The topological polar surface area (TPSA) is 73.0 Å². The summed E-state index contributed by atoms with van der Waals surface area (Å²) in [5, 5.41) is 5.39. The molecular formula is C46H56N4O3. The number of carbonyl (C=O) groups is 3. The Bertz CT molecular complexity index is 1810. The maximum absolute atomic E-state index is 15.1. The molecule has 7 nitrogen and oxygen atoms in total. The molecule has 7 rings (SSSR count). The Kier molecular flexibility index (Phi) is 12.1. The number of carbonyl (C=O) groups excluding carboxylic acids is 3. The van der Waals surface area contributed by atoms with Gasteiger partial charge in [-0.2, -0.15) is 0 Å². The van der Waals surface area contributed by atoms with Gasteiger partial charge in [0, 0.05) is 26.1 Å². The predicted molar refractivity (Wildman–Crippen MR) is 212 cm³/mol. The zero-order valence-electron chi connectivity index (χ0n) is 31.3. The second-order valence-corrected chi connectivity index (χ2v) is 15.6. The molecule has 3 fully saturated rings. The van der Waals surface area contributed by atoms with Crippen molar-refractivity contribution in [3.63, 3.8) is 0 Å². The van der Waals surface area contributed by atoms with E-state index in [4.69, 9.17) is 0 Å². The Hall–Kier alpha value is -4.65. The molecule has 4 aromatic carbocycles. The number of rotatable bonds is 7. The van der Waals surface area contributed by atoms with E-state index >= 15 is 4.79 Å². The van der Waals surface area contributed by atoms with Gasteiger partial charge in [-0.25, -0.2) is 4.79 Å². The fraction of sp³-hybridized carbons (Fsp3) is 0.457. The highest BCUT2D eigenvalue weighted by molar-refractivity contribution is 5.92. The van der Waals surface area contributed by atoms with E-state index in [1.807, 2.05) is 57.2 Å². The van der Waals surface area contributed by atoms with E-state index < -0.39 is 12.2 Å². The van der Waals surface area contributed by atoms with Crippen molar-refractivity contribution in [1.29, 1.82) is 0 Å². The SMILES string of the molecule is O=C1[C@H](CC2(c3ccccc3)CCCCCCCCCCCC2)N2C(=O)CCN(C(=O)NCc3ccccc3)[C@H]2CN1Cc1cccc2ccccc12. The fourth-order valence-electron chi connectivity index (χ4n) is 9.31. The molecule has 1 aliphatic carbocycles. The van der Waals surface area contributed by atoms with Gasteiger partial charge in [0.1, 0.15) is 12.2 Å². The van der Waals surface area contributed by atoms with Crippen LogP contribution in [-0.2, 0) is 28.1 Å². The Labute approximate surface area is 315 Å². The third kappa shape index (κ3) is 8.61. The summed E-state index contributed by atoms with van der Waals surface area (Å²) < 4.78 is 0. The molecule has 1 saturated carbocycles. The number of urea groups is 1. The number of hydrogen-bond acceptors (Lipinski definition) is 3. The van der Waals surface area contributed by atoms with Crippen molar-refractivity contribution in [2.24, 2.45) is 0 Å². The minimum atomic E-state index is -0.670. The van der Waals surface area contributed by atoms with Crippen LogP contribution in [0.4, 0.5) is 4.79 Å². The van der Waals surface area contributed by atoms with Crippen molar-refractivity contribution in [3.8, 4) is 0 Å². The molecule has 3 aliphatic rings. The van der Waals surface area contributed by atoms with E-state index in [2.05, 4.69) is 66.0 Å². The summed E-state index contributed by atoms with van der Waals surface area (Å²) in [5.41, 5.74) is 3.10. The lowest BCUT2D eigenvalue weighted by Gasteiger charge is -2.54. The molecule has 1 N–H and O–H groups in total. The van der Waals surface area contributed by atoms with E-state index in [9.17, 15) is 9.59 Å². The Morgan fingerprint density at radius 3 is 2.00 bits per heavy atom. The van der Waals surface area contributed by atoms with Crippen molar-refractivity contribution in [1.82, 2.24) is 20.0 Å².